The molecule has 0 spiro atoms. The van der Waals surface area contributed by atoms with Crippen LogP contribution in [0.25, 0.3) is 0 Å². The van der Waals surface area contributed by atoms with Crippen molar-refractivity contribution in [3.05, 3.63) is 0 Å². The summed E-state index contributed by atoms with van der Waals surface area (Å²) in [5.74, 6) is -0.565. The van der Waals surface area contributed by atoms with Crippen molar-refractivity contribution in [2.45, 2.75) is 25.2 Å². The van der Waals surface area contributed by atoms with Crippen LogP contribution in [-0.2, 0) is 9.53 Å². The largest absolute Gasteiger partial charge is 0.479 e. The maximum absolute atomic E-state index is 10.6. The van der Waals surface area contributed by atoms with E-state index in [-0.39, 0.29) is 11.9 Å². The second-order valence-corrected chi connectivity index (χ2v) is 4.08. The molecule has 0 rings (SSSR count). The molecule has 0 fully saturated rings. The number of carboxylic acid groups (broad SMARTS) is 1. The van der Waals surface area contributed by atoms with Gasteiger partial charge in [-0.25, -0.2) is 4.79 Å². The van der Waals surface area contributed by atoms with Crippen molar-refractivity contribution in [1.29, 1.82) is 0 Å². The Morgan fingerprint density at radius 3 is 2.62 bits per heavy atom. The summed E-state index contributed by atoms with van der Waals surface area (Å²) in [4.78, 5) is 10.6. The predicted octanol–water partition coefficient (Wildman–Crippen LogP) is 0.590. The average molecular weight is 208 g/mol. The summed E-state index contributed by atoms with van der Waals surface area (Å²) in [6.45, 7) is 4.06. The van der Waals surface area contributed by atoms with Gasteiger partial charge in [-0.05, 0) is 6.92 Å². The van der Waals surface area contributed by atoms with Gasteiger partial charge in [-0.3, -0.25) is 0 Å². The van der Waals surface area contributed by atoms with Crippen molar-refractivity contribution in [3.63, 3.8) is 0 Å². The highest BCUT2D eigenvalue weighted by molar-refractivity contribution is 7.99. The summed E-state index contributed by atoms with van der Waals surface area (Å²) >= 11 is 1.40. The number of carbonyl (C=O) groups is 1. The molecule has 0 aromatic heterocycles. The Labute approximate surface area is 82.3 Å². The summed E-state index contributed by atoms with van der Waals surface area (Å²) in [5, 5.41) is 17.5. The number of hydrogen-bond acceptors (Lipinski definition) is 4. The van der Waals surface area contributed by atoms with Crippen LogP contribution in [0.4, 0.5) is 0 Å². The lowest BCUT2D eigenvalue weighted by Crippen LogP contribution is -2.27. The lowest BCUT2D eigenvalue weighted by Gasteiger charge is -2.13. The summed E-state index contributed by atoms with van der Waals surface area (Å²) in [5.41, 5.74) is 0. The fourth-order valence-electron chi connectivity index (χ4n) is 0.696. The van der Waals surface area contributed by atoms with Crippen molar-refractivity contribution >= 4 is 17.7 Å². The second kappa shape index (κ2) is 7.17. The summed E-state index contributed by atoms with van der Waals surface area (Å²) in [6.07, 6.45) is -0.760. The monoisotopic (exact) mass is 208 g/mol. The Hall–Kier alpha value is -0.260. The highest BCUT2D eigenvalue weighted by atomic mass is 32.2. The van der Waals surface area contributed by atoms with Crippen LogP contribution in [0.1, 0.15) is 13.8 Å². The van der Waals surface area contributed by atoms with Crippen molar-refractivity contribution < 1.29 is 19.7 Å². The molecule has 78 valence electrons. The van der Waals surface area contributed by atoms with E-state index in [0.717, 1.165) is 0 Å². The van der Waals surface area contributed by atoms with Gasteiger partial charge in [0.25, 0.3) is 0 Å². The minimum atomic E-state index is -0.945. The lowest BCUT2D eigenvalue weighted by atomic mass is 10.4. The van der Waals surface area contributed by atoms with Gasteiger partial charge in [0, 0.05) is 17.6 Å². The maximum atomic E-state index is 10.6. The highest BCUT2D eigenvalue weighted by Gasteiger charge is 2.18. The number of ether oxygens (including phenoxy) is 1. The average Bonchev–Trinajstić information content (AvgIpc) is 2.11. The Bertz CT molecular complexity index is 151. The van der Waals surface area contributed by atoms with Crippen molar-refractivity contribution in [2.24, 2.45) is 0 Å². The molecule has 5 heteroatoms. The Balaban J connectivity index is 3.75. The zero-order valence-corrected chi connectivity index (χ0v) is 8.71. The van der Waals surface area contributed by atoms with E-state index >= 15 is 0 Å². The van der Waals surface area contributed by atoms with E-state index < -0.39 is 12.1 Å². The maximum Gasteiger partial charge on any atom is 0.333 e. The molecule has 0 aromatic rings. The quantitative estimate of drug-likeness (QED) is 0.641. The van der Waals surface area contributed by atoms with Crippen LogP contribution < -0.4 is 0 Å². The van der Waals surface area contributed by atoms with Gasteiger partial charge in [-0.1, -0.05) is 6.92 Å². The highest BCUT2D eigenvalue weighted by Crippen LogP contribution is 2.12. The third kappa shape index (κ3) is 5.90. The first-order valence-corrected chi connectivity index (χ1v) is 5.23. The van der Waals surface area contributed by atoms with Gasteiger partial charge in [0.2, 0.25) is 0 Å². The van der Waals surface area contributed by atoms with Crippen LogP contribution in [0.2, 0.25) is 0 Å². The molecule has 0 radical (unpaired) electrons. The molecule has 0 aromatic carbocycles. The van der Waals surface area contributed by atoms with Gasteiger partial charge in [0.05, 0.1) is 6.61 Å². The van der Waals surface area contributed by atoms with Crippen LogP contribution in [0.5, 0.6) is 0 Å². The number of hydrogen-bond donors (Lipinski definition) is 2. The normalized spacial score (nSPS) is 15.3. The van der Waals surface area contributed by atoms with E-state index in [1.807, 2.05) is 6.92 Å². The molecule has 0 aliphatic rings. The molecule has 0 amide bonds. The smallest absolute Gasteiger partial charge is 0.333 e. The van der Waals surface area contributed by atoms with E-state index in [1.165, 1.54) is 11.8 Å². The molecule has 2 N–H and O–H groups in total. The molecule has 0 heterocycles. The fraction of sp³-hybridized carbons (Fsp3) is 0.875. The zero-order chi connectivity index (χ0) is 10.3. The molecule has 0 saturated carbocycles. The van der Waals surface area contributed by atoms with Crippen LogP contribution in [0.15, 0.2) is 0 Å². The van der Waals surface area contributed by atoms with Crippen molar-refractivity contribution in [3.8, 4) is 0 Å². The zero-order valence-electron chi connectivity index (χ0n) is 7.90. The van der Waals surface area contributed by atoms with Crippen molar-refractivity contribution in [2.75, 3.05) is 19.0 Å². The molecule has 0 saturated heterocycles. The number of aliphatic carboxylic acids is 1. The molecule has 4 nitrogen and oxygen atoms in total. The van der Waals surface area contributed by atoms with Crippen LogP contribution in [0, 0.1) is 0 Å². The number of aliphatic hydroxyl groups is 1. The minimum Gasteiger partial charge on any atom is -0.479 e. The molecule has 0 aliphatic carbocycles. The number of rotatable bonds is 7. The van der Waals surface area contributed by atoms with Crippen LogP contribution >= 0.6 is 11.8 Å². The number of aliphatic hydroxyl groups excluding tert-OH is 1. The molecule has 13 heavy (non-hydrogen) atoms. The molecule has 2 atom stereocenters. The number of carboxylic acids is 1. The Morgan fingerprint density at radius 2 is 2.23 bits per heavy atom. The van der Waals surface area contributed by atoms with E-state index in [2.05, 4.69) is 0 Å². The Morgan fingerprint density at radius 1 is 1.62 bits per heavy atom. The van der Waals surface area contributed by atoms with Gasteiger partial charge in [0.1, 0.15) is 0 Å². The first-order chi connectivity index (χ1) is 6.11. The van der Waals surface area contributed by atoms with E-state index in [4.69, 9.17) is 14.9 Å². The van der Waals surface area contributed by atoms with E-state index in [0.29, 0.717) is 12.4 Å². The van der Waals surface area contributed by atoms with Crippen LogP contribution in [-0.4, -0.2) is 46.5 Å². The van der Waals surface area contributed by atoms with Gasteiger partial charge in [0.15, 0.2) is 6.10 Å². The third-order valence-electron chi connectivity index (χ3n) is 1.43. The van der Waals surface area contributed by atoms with E-state index in [1.54, 1.807) is 6.92 Å². The first kappa shape index (κ1) is 12.7. The third-order valence-corrected chi connectivity index (χ3v) is 2.65. The standard InChI is InChI=1S/C8H16O4S/c1-3-12-7(8(10)11)5-13-6(2)4-9/h6-7,9H,3-5H2,1-2H3,(H,10,11). The first-order valence-electron chi connectivity index (χ1n) is 4.18. The summed E-state index contributed by atoms with van der Waals surface area (Å²) < 4.78 is 5.00. The Kier molecular flexibility index (Phi) is 7.03. The number of thioether (sulfide) groups is 1. The van der Waals surface area contributed by atoms with Crippen molar-refractivity contribution in [1.82, 2.24) is 0 Å². The fourth-order valence-corrected chi connectivity index (χ4v) is 1.54. The second-order valence-electron chi connectivity index (χ2n) is 2.61. The lowest BCUT2D eigenvalue weighted by molar-refractivity contribution is -0.148. The van der Waals surface area contributed by atoms with E-state index in [9.17, 15) is 4.79 Å². The van der Waals surface area contributed by atoms with Gasteiger partial charge in [-0.15, -0.1) is 0 Å². The van der Waals surface area contributed by atoms with Gasteiger partial charge in [-0.2, -0.15) is 11.8 Å². The molecular weight excluding hydrogens is 192 g/mol. The van der Waals surface area contributed by atoms with Crippen LogP contribution in [0.3, 0.4) is 0 Å². The molecule has 0 bridgehead atoms. The van der Waals surface area contributed by atoms with Gasteiger partial charge >= 0.3 is 5.97 Å². The predicted molar refractivity (Wildman–Crippen MR) is 52.1 cm³/mol. The SMILES string of the molecule is CCOC(CSC(C)CO)C(=O)O. The minimum absolute atomic E-state index is 0.0577. The summed E-state index contributed by atoms with van der Waals surface area (Å²) in [7, 11) is 0. The molecule has 0 aliphatic heterocycles. The molecular formula is C8H16O4S. The van der Waals surface area contributed by atoms with Gasteiger partial charge < -0.3 is 14.9 Å². The molecule has 2 unspecified atom stereocenters. The summed E-state index contributed by atoms with van der Waals surface area (Å²) in [6, 6.07) is 0. The topological polar surface area (TPSA) is 66.8 Å².